The highest BCUT2D eigenvalue weighted by Gasteiger charge is 2.36. The molecule has 0 bridgehead atoms. The topological polar surface area (TPSA) is 79.0 Å². The number of amides is 2. The molecule has 1 aliphatic heterocycles. The molecule has 2 rings (SSSR count). The average molecular weight is 347 g/mol. The third-order valence-corrected chi connectivity index (χ3v) is 4.18. The first-order valence-corrected chi connectivity index (χ1v) is 8.34. The number of rotatable bonds is 7. The van der Waals surface area contributed by atoms with Gasteiger partial charge in [-0.25, -0.2) is 4.79 Å². The van der Waals surface area contributed by atoms with Crippen molar-refractivity contribution in [2.24, 2.45) is 5.92 Å². The Bertz CT molecular complexity index is 645. The zero-order valence-electron chi connectivity index (χ0n) is 14.9. The fraction of sp³-hybridized carbons (Fsp3) is 0.500. The Balaban J connectivity index is 2.01. The van der Waals surface area contributed by atoms with Gasteiger partial charge in [0.15, 0.2) is 0 Å². The minimum Gasteiger partial charge on any atom is -0.465 e. The summed E-state index contributed by atoms with van der Waals surface area (Å²) in [5, 5.41) is 2.88. The molecule has 1 N–H and O–H groups in total. The fourth-order valence-electron chi connectivity index (χ4n) is 2.86. The fourth-order valence-corrected chi connectivity index (χ4v) is 2.86. The second kappa shape index (κ2) is 8.62. The van der Waals surface area contributed by atoms with Gasteiger partial charge in [0.05, 0.1) is 24.3 Å². The van der Waals surface area contributed by atoms with Crippen LogP contribution in [0.1, 0.15) is 23.2 Å². The molecule has 0 aromatic heterocycles. The van der Waals surface area contributed by atoms with Crippen molar-refractivity contribution in [3.05, 3.63) is 29.8 Å². The van der Waals surface area contributed by atoms with Gasteiger partial charge in [-0.2, -0.15) is 0 Å². The summed E-state index contributed by atoms with van der Waals surface area (Å²) in [7, 11) is 5.26. The van der Waals surface area contributed by atoms with E-state index in [2.05, 4.69) is 10.2 Å². The van der Waals surface area contributed by atoms with Crippen LogP contribution in [-0.4, -0.2) is 63.5 Å². The van der Waals surface area contributed by atoms with E-state index in [1.165, 1.54) is 12.0 Å². The van der Waals surface area contributed by atoms with E-state index in [9.17, 15) is 14.4 Å². The molecule has 0 aliphatic carbocycles. The number of esters is 1. The SMILES string of the molecule is COC(=O)c1ccccc1N1CC(C(=O)NCCCN(C)C)CC1=O. The Morgan fingerprint density at radius 1 is 1.32 bits per heavy atom. The standard InChI is InChI=1S/C18H25N3O4/c1-20(2)10-6-9-19-17(23)13-11-16(22)21(12-13)15-8-5-4-7-14(15)18(24)25-3/h4-5,7-8,13H,6,9-12H2,1-3H3,(H,19,23). The number of nitrogens with one attached hydrogen (secondary N) is 1. The number of methoxy groups -OCH3 is 1. The van der Waals surface area contributed by atoms with Gasteiger partial charge in [0, 0.05) is 19.5 Å². The molecule has 7 nitrogen and oxygen atoms in total. The number of nitrogens with zero attached hydrogens (tertiary/aromatic N) is 2. The minimum absolute atomic E-state index is 0.120. The van der Waals surface area contributed by atoms with Crippen molar-refractivity contribution in [2.45, 2.75) is 12.8 Å². The predicted octanol–water partition coefficient (Wildman–Crippen LogP) is 0.894. The average Bonchev–Trinajstić information content (AvgIpc) is 2.99. The zero-order valence-corrected chi connectivity index (χ0v) is 14.9. The van der Waals surface area contributed by atoms with Crippen molar-refractivity contribution < 1.29 is 19.1 Å². The number of benzene rings is 1. The molecule has 2 amide bonds. The van der Waals surface area contributed by atoms with Crippen LogP contribution in [0.25, 0.3) is 0 Å². The number of carbonyl (C=O) groups is 3. The van der Waals surface area contributed by atoms with E-state index in [0.29, 0.717) is 17.8 Å². The Labute approximate surface area is 147 Å². The third-order valence-electron chi connectivity index (χ3n) is 4.18. The number of carbonyl (C=O) groups excluding carboxylic acids is 3. The predicted molar refractivity (Wildman–Crippen MR) is 94.4 cm³/mol. The maximum Gasteiger partial charge on any atom is 0.339 e. The van der Waals surface area contributed by atoms with Crippen molar-refractivity contribution in [1.82, 2.24) is 10.2 Å². The van der Waals surface area contributed by atoms with Gasteiger partial charge in [0.25, 0.3) is 0 Å². The first-order chi connectivity index (χ1) is 11.9. The second-order valence-electron chi connectivity index (χ2n) is 6.36. The molecule has 0 spiro atoms. The molecule has 1 saturated heterocycles. The van der Waals surface area contributed by atoms with E-state index in [0.717, 1.165) is 13.0 Å². The quantitative estimate of drug-likeness (QED) is 0.585. The normalized spacial score (nSPS) is 17.0. The summed E-state index contributed by atoms with van der Waals surface area (Å²) in [5.41, 5.74) is 0.813. The van der Waals surface area contributed by atoms with Gasteiger partial charge < -0.3 is 19.9 Å². The number of para-hydroxylation sites is 1. The van der Waals surface area contributed by atoms with Gasteiger partial charge in [-0.3, -0.25) is 9.59 Å². The highest BCUT2D eigenvalue weighted by Crippen LogP contribution is 2.28. The molecule has 0 saturated carbocycles. The van der Waals surface area contributed by atoms with Crippen LogP contribution in [0.3, 0.4) is 0 Å². The first-order valence-electron chi connectivity index (χ1n) is 8.34. The van der Waals surface area contributed by atoms with Crippen molar-refractivity contribution in [1.29, 1.82) is 0 Å². The Morgan fingerprint density at radius 2 is 2.04 bits per heavy atom. The smallest absolute Gasteiger partial charge is 0.339 e. The molecular weight excluding hydrogens is 322 g/mol. The van der Waals surface area contributed by atoms with Crippen LogP contribution in [0.4, 0.5) is 5.69 Å². The summed E-state index contributed by atoms with van der Waals surface area (Å²) >= 11 is 0. The molecule has 1 heterocycles. The Hall–Kier alpha value is -2.41. The van der Waals surface area contributed by atoms with Crippen LogP contribution >= 0.6 is 0 Å². The van der Waals surface area contributed by atoms with Crippen LogP contribution < -0.4 is 10.2 Å². The Morgan fingerprint density at radius 3 is 2.72 bits per heavy atom. The molecule has 1 aromatic carbocycles. The van der Waals surface area contributed by atoms with E-state index in [1.807, 2.05) is 14.1 Å². The summed E-state index contributed by atoms with van der Waals surface area (Å²) in [4.78, 5) is 40.1. The molecule has 1 atom stereocenters. The highest BCUT2D eigenvalue weighted by atomic mass is 16.5. The zero-order chi connectivity index (χ0) is 18.4. The van der Waals surface area contributed by atoms with Crippen LogP contribution in [0, 0.1) is 5.92 Å². The summed E-state index contributed by atoms with van der Waals surface area (Å²) < 4.78 is 4.77. The van der Waals surface area contributed by atoms with Crippen LogP contribution in [0.15, 0.2) is 24.3 Å². The van der Waals surface area contributed by atoms with Crippen molar-refractivity contribution in [3.63, 3.8) is 0 Å². The van der Waals surface area contributed by atoms with Gasteiger partial charge in [-0.05, 0) is 39.2 Å². The summed E-state index contributed by atoms with van der Waals surface area (Å²) in [5.74, 6) is -1.19. The van der Waals surface area contributed by atoms with Crippen molar-refractivity contribution >= 4 is 23.5 Å². The molecule has 1 aliphatic rings. The molecule has 0 radical (unpaired) electrons. The minimum atomic E-state index is -0.500. The molecule has 7 heteroatoms. The summed E-state index contributed by atoms with van der Waals surface area (Å²) in [6, 6.07) is 6.78. The van der Waals surface area contributed by atoms with E-state index in [-0.39, 0.29) is 24.8 Å². The van der Waals surface area contributed by atoms with Crippen LogP contribution in [-0.2, 0) is 14.3 Å². The van der Waals surface area contributed by atoms with E-state index >= 15 is 0 Å². The van der Waals surface area contributed by atoms with Crippen LogP contribution in [0.2, 0.25) is 0 Å². The maximum absolute atomic E-state index is 12.4. The van der Waals surface area contributed by atoms with Crippen molar-refractivity contribution in [2.75, 3.05) is 45.7 Å². The van der Waals surface area contributed by atoms with E-state index < -0.39 is 11.9 Å². The summed E-state index contributed by atoms with van der Waals surface area (Å²) in [6.07, 6.45) is 1.00. The number of ether oxygens (including phenoxy) is 1. The lowest BCUT2D eigenvalue weighted by molar-refractivity contribution is -0.126. The lowest BCUT2D eigenvalue weighted by Crippen LogP contribution is -2.34. The molecule has 1 fully saturated rings. The molecule has 136 valence electrons. The monoisotopic (exact) mass is 347 g/mol. The Kier molecular flexibility index (Phi) is 6.52. The second-order valence-corrected chi connectivity index (χ2v) is 6.36. The molecular formula is C18H25N3O4. The molecule has 1 aromatic rings. The molecule has 25 heavy (non-hydrogen) atoms. The van der Waals surface area contributed by atoms with Gasteiger partial charge >= 0.3 is 5.97 Å². The van der Waals surface area contributed by atoms with Crippen LogP contribution in [0.5, 0.6) is 0 Å². The lowest BCUT2D eigenvalue weighted by atomic mass is 10.1. The summed E-state index contributed by atoms with van der Waals surface area (Å²) in [6.45, 7) is 1.75. The number of anilines is 1. The van der Waals surface area contributed by atoms with Gasteiger partial charge in [0.2, 0.25) is 11.8 Å². The van der Waals surface area contributed by atoms with Crippen molar-refractivity contribution in [3.8, 4) is 0 Å². The van der Waals surface area contributed by atoms with E-state index in [1.54, 1.807) is 24.3 Å². The largest absolute Gasteiger partial charge is 0.465 e. The lowest BCUT2D eigenvalue weighted by Gasteiger charge is -2.19. The van der Waals surface area contributed by atoms with Gasteiger partial charge in [-0.1, -0.05) is 12.1 Å². The molecule has 1 unspecified atom stereocenters. The first kappa shape index (κ1) is 18.9. The van der Waals surface area contributed by atoms with Gasteiger partial charge in [-0.15, -0.1) is 0 Å². The van der Waals surface area contributed by atoms with Gasteiger partial charge in [0.1, 0.15) is 0 Å². The van der Waals surface area contributed by atoms with E-state index in [4.69, 9.17) is 4.74 Å². The highest BCUT2D eigenvalue weighted by molar-refractivity contribution is 6.05. The number of hydrogen-bond acceptors (Lipinski definition) is 5. The maximum atomic E-state index is 12.4. The number of hydrogen-bond donors (Lipinski definition) is 1. The third kappa shape index (κ3) is 4.79.